The molecule has 0 amide bonds. The molecule has 3 nitrogen and oxygen atoms in total. The molecule has 2 rings (SSSR count). The number of pyridine rings is 1. The highest BCUT2D eigenvalue weighted by Crippen LogP contribution is 2.24. The molecular weight excluding hydrogens is 258 g/mol. The lowest BCUT2D eigenvalue weighted by atomic mass is 10.1. The van der Waals surface area contributed by atoms with E-state index in [4.69, 9.17) is 5.73 Å². The Labute approximate surface area is 128 Å². The Morgan fingerprint density at radius 1 is 1.05 bits per heavy atom. The van der Waals surface area contributed by atoms with Crippen LogP contribution in [0.2, 0.25) is 0 Å². The number of benzene rings is 1. The molecule has 2 N–H and O–H groups in total. The van der Waals surface area contributed by atoms with Gasteiger partial charge in [-0.25, -0.2) is 0 Å². The Bertz CT molecular complexity index is 580. The number of nitrogens with zero attached hydrogens (tertiary/aromatic N) is 2. The molecule has 114 valence electrons. The standard InChI is InChI=1S/C18H27N3/c1-13(2)10-21(11-14(3)4)12-15-7-8-17(19)16-6-5-9-20-18(15)16/h5-9,13-14H,10-12,19H2,1-4H3. The zero-order chi connectivity index (χ0) is 15.4. The van der Waals surface area contributed by atoms with Crippen molar-refractivity contribution in [1.29, 1.82) is 0 Å². The second-order valence-corrected chi connectivity index (χ2v) is 6.70. The van der Waals surface area contributed by atoms with Crippen LogP contribution in [0, 0.1) is 11.8 Å². The van der Waals surface area contributed by atoms with Gasteiger partial charge in [-0.2, -0.15) is 0 Å². The van der Waals surface area contributed by atoms with E-state index in [-0.39, 0.29) is 0 Å². The highest BCUT2D eigenvalue weighted by atomic mass is 15.1. The predicted molar refractivity (Wildman–Crippen MR) is 91.1 cm³/mol. The topological polar surface area (TPSA) is 42.1 Å². The number of hydrogen-bond donors (Lipinski definition) is 1. The number of nitrogen functional groups attached to an aromatic ring is 1. The summed E-state index contributed by atoms with van der Waals surface area (Å²) in [7, 11) is 0. The van der Waals surface area contributed by atoms with Crippen molar-refractivity contribution in [2.24, 2.45) is 11.8 Å². The third-order valence-electron chi connectivity index (χ3n) is 3.53. The van der Waals surface area contributed by atoms with Crippen molar-refractivity contribution >= 4 is 16.6 Å². The quantitative estimate of drug-likeness (QED) is 0.818. The number of rotatable bonds is 6. The second-order valence-electron chi connectivity index (χ2n) is 6.70. The van der Waals surface area contributed by atoms with Gasteiger partial charge in [0.1, 0.15) is 0 Å². The highest BCUT2D eigenvalue weighted by molar-refractivity contribution is 5.92. The first-order chi connectivity index (χ1) is 9.97. The van der Waals surface area contributed by atoms with E-state index in [1.165, 1.54) is 5.56 Å². The van der Waals surface area contributed by atoms with Gasteiger partial charge in [-0.05, 0) is 35.6 Å². The molecule has 2 aromatic rings. The van der Waals surface area contributed by atoms with Gasteiger partial charge in [0.2, 0.25) is 0 Å². The van der Waals surface area contributed by atoms with Gasteiger partial charge in [-0.15, -0.1) is 0 Å². The fraction of sp³-hybridized carbons (Fsp3) is 0.500. The molecule has 0 aliphatic carbocycles. The van der Waals surface area contributed by atoms with E-state index in [0.717, 1.165) is 36.2 Å². The molecule has 0 aliphatic heterocycles. The number of nitrogens with two attached hydrogens (primary N) is 1. The molecule has 0 saturated heterocycles. The van der Waals surface area contributed by atoms with Crippen LogP contribution in [0.3, 0.4) is 0 Å². The predicted octanol–water partition coefficient (Wildman–Crippen LogP) is 3.93. The van der Waals surface area contributed by atoms with Crippen molar-refractivity contribution in [3.05, 3.63) is 36.0 Å². The van der Waals surface area contributed by atoms with E-state index in [9.17, 15) is 0 Å². The minimum atomic E-state index is 0.664. The lowest BCUT2D eigenvalue weighted by molar-refractivity contribution is 0.212. The molecule has 21 heavy (non-hydrogen) atoms. The van der Waals surface area contributed by atoms with E-state index >= 15 is 0 Å². The fourth-order valence-corrected chi connectivity index (χ4v) is 2.86. The normalized spacial score (nSPS) is 12.0. The first-order valence-electron chi connectivity index (χ1n) is 7.81. The van der Waals surface area contributed by atoms with Gasteiger partial charge in [0.25, 0.3) is 0 Å². The van der Waals surface area contributed by atoms with Crippen molar-refractivity contribution in [2.75, 3.05) is 18.8 Å². The molecule has 0 unspecified atom stereocenters. The highest BCUT2D eigenvalue weighted by Gasteiger charge is 2.13. The van der Waals surface area contributed by atoms with E-state index in [2.05, 4.69) is 49.7 Å². The number of hydrogen-bond acceptors (Lipinski definition) is 3. The van der Waals surface area contributed by atoms with E-state index in [1.54, 1.807) is 0 Å². The van der Waals surface area contributed by atoms with Crippen molar-refractivity contribution in [1.82, 2.24) is 9.88 Å². The molecule has 3 heteroatoms. The summed E-state index contributed by atoms with van der Waals surface area (Å²) in [6.45, 7) is 12.2. The molecule has 0 bridgehead atoms. The van der Waals surface area contributed by atoms with Crippen LogP contribution >= 0.6 is 0 Å². The number of anilines is 1. The molecule has 0 spiro atoms. The lowest BCUT2D eigenvalue weighted by Crippen LogP contribution is -2.31. The van der Waals surface area contributed by atoms with Crippen LogP contribution in [-0.2, 0) is 6.54 Å². The maximum absolute atomic E-state index is 6.06. The summed E-state index contributed by atoms with van der Waals surface area (Å²) in [4.78, 5) is 7.07. The van der Waals surface area contributed by atoms with Crippen LogP contribution in [0.15, 0.2) is 30.5 Å². The summed E-state index contributed by atoms with van der Waals surface area (Å²) in [5.41, 5.74) is 9.17. The average Bonchev–Trinajstić information content (AvgIpc) is 2.41. The Morgan fingerprint density at radius 3 is 2.33 bits per heavy atom. The van der Waals surface area contributed by atoms with Crippen LogP contribution in [0.4, 0.5) is 5.69 Å². The SMILES string of the molecule is CC(C)CN(Cc1ccc(N)c2cccnc12)CC(C)C. The molecule has 0 saturated carbocycles. The minimum Gasteiger partial charge on any atom is -0.398 e. The third-order valence-corrected chi connectivity index (χ3v) is 3.53. The van der Waals surface area contributed by atoms with Gasteiger partial charge < -0.3 is 5.73 Å². The van der Waals surface area contributed by atoms with Crippen LogP contribution in [0.1, 0.15) is 33.3 Å². The second kappa shape index (κ2) is 6.90. The smallest absolute Gasteiger partial charge is 0.0767 e. The lowest BCUT2D eigenvalue weighted by Gasteiger charge is -2.26. The van der Waals surface area contributed by atoms with Gasteiger partial charge in [0, 0.05) is 36.9 Å². The van der Waals surface area contributed by atoms with Crippen molar-refractivity contribution < 1.29 is 0 Å². The number of aromatic nitrogens is 1. The summed E-state index contributed by atoms with van der Waals surface area (Å²) in [5.74, 6) is 1.33. The molecule has 1 heterocycles. The summed E-state index contributed by atoms with van der Waals surface area (Å²) in [6.07, 6.45) is 1.85. The first kappa shape index (κ1) is 15.8. The van der Waals surface area contributed by atoms with Crippen molar-refractivity contribution in [3.8, 4) is 0 Å². The fourth-order valence-electron chi connectivity index (χ4n) is 2.86. The summed E-state index contributed by atoms with van der Waals surface area (Å²) < 4.78 is 0. The van der Waals surface area contributed by atoms with Crippen LogP contribution in [0.5, 0.6) is 0 Å². The molecule has 1 aromatic heterocycles. The van der Waals surface area contributed by atoms with Crippen LogP contribution < -0.4 is 5.73 Å². The van der Waals surface area contributed by atoms with Crippen LogP contribution in [-0.4, -0.2) is 23.0 Å². The van der Waals surface area contributed by atoms with Crippen molar-refractivity contribution in [2.45, 2.75) is 34.2 Å². The van der Waals surface area contributed by atoms with Gasteiger partial charge in [0.05, 0.1) is 5.52 Å². The van der Waals surface area contributed by atoms with Gasteiger partial charge in [0.15, 0.2) is 0 Å². The zero-order valence-electron chi connectivity index (χ0n) is 13.6. The van der Waals surface area contributed by atoms with Crippen LogP contribution in [0.25, 0.3) is 10.9 Å². The minimum absolute atomic E-state index is 0.664. The molecule has 0 radical (unpaired) electrons. The Hall–Kier alpha value is -1.61. The maximum Gasteiger partial charge on any atom is 0.0767 e. The zero-order valence-corrected chi connectivity index (χ0v) is 13.6. The Morgan fingerprint density at radius 2 is 1.71 bits per heavy atom. The first-order valence-corrected chi connectivity index (χ1v) is 7.81. The molecular formula is C18H27N3. The summed E-state index contributed by atoms with van der Waals surface area (Å²) in [5, 5.41) is 1.06. The maximum atomic E-state index is 6.06. The Balaban J connectivity index is 2.30. The van der Waals surface area contributed by atoms with E-state index < -0.39 is 0 Å². The summed E-state index contributed by atoms with van der Waals surface area (Å²) in [6, 6.07) is 8.12. The van der Waals surface area contributed by atoms with Gasteiger partial charge in [-0.3, -0.25) is 9.88 Å². The van der Waals surface area contributed by atoms with E-state index in [1.807, 2.05) is 18.3 Å². The molecule has 1 aromatic carbocycles. The third kappa shape index (κ3) is 4.18. The van der Waals surface area contributed by atoms with Crippen molar-refractivity contribution in [3.63, 3.8) is 0 Å². The number of fused-ring (bicyclic) bond motifs is 1. The molecule has 0 fully saturated rings. The van der Waals surface area contributed by atoms with Gasteiger partial charge in [-0.1, -0.05) is 33.8 Å². The molecule has 0 atom stereocenters. The Kier molecular flexibility index (Phi) is 5.18. The average molecular weight is 285 g/mol. The summed E-state index contributed by atoms with van der Waals surface area (Å²) >= 11 is 0. The molecule has 0 aliphatic rings. The van der Waals surface area contributed by atoms with Gasteiger partial charge >= 0.3 is 0 Å². The monoisotopic (exact) mass is 285 g/mol. The van der Waals surface area contributed by atoms with E-state index in [0.29, 0.717) is 11.8 Å². The largest absolute Gasteiger partial charge is 0.398 e.